The van der Waals surface area contributed by atoms with Crippen LogP contribution in [0.5, 0.6) is 0 Å². The van der Waals surface area contributed by atoms with Crippen molar-refractivity contribution in [3.8, 4) is 0 Å². The van der Waals surface area contributed by atoms with Crippen LogP contribution >= 0.6 is 0 Å². The van der Waals surface area contributed by atoms with E-state index in [1.807, 2.05) is 13.0 Å². The van der Waals surface area contributed by atoms with Gasteiger partial charge in [0.15, 0.2) is 0 Å². The third kappa shape index (κ3) is 2.39. The molecule has 2 nitrogen and oxygen atoms in total. The molecule has 0 unspecified atom stereocenters. The van der Waals surface area contributed by atoms with Gasteiger partial charge in [-0.3, -0.25) is 0 Å². The largest absolute Gasteiger partial charge is 0.469 e. The number of aryl methyl sites for hydroxylation is 1. The molecule has 0 saturated carbocycles. The van der Waals surface area contributed by atoms with Gasteiger partial charge in [0.2, 0.25) is 0 Å². The van der Waals surface area contributed by atoms with Crippen molar-refractivity contribution in [3.63, 3.8) is 0 Å². The van der Waals surface area contributed by atoms with E-state index < -0.39 is 0 Å². The highest BCUT2D eigenvalue weighted by atomic mass is 16.3. The van der Waals surface area contributed by atoms with Gasteiger partial charge in [0.1, 0.15) is 12.3 Å². The number of hydrogen-bond donors (Lipinski definition) is 0. The average Bonchev–Trinajstić information content (AvgIpc) is 2.12. The summed E-state index contributed by atoms with van der Waals surface area (Å²) in [5.41, 5.74) is 1.30. The second kappa shape index (κ2) is 2.70. The summed E-state index contributed by atoms with van der Waals surface area (Å²) in [6, 6.07) is 2.04. The monoisotopic (exact) mass is 154 g/mol. The minimum atomic E-state index is 0.945. The van der Waals surface area contributed by atoms with E-state index in [0.717, 1.165) is 16.8 Å². The molecule has 0 saturated heterocycles. The molecule has 0 aliphatic heterocycles. The molecule has 62 valence electrons. The molecule has 1 aromatic heterocycles. The molecule has 0 N–H and O–H groups in total. The zero-order valence-corrected chi connectivity index (χ0v) is 7.72. The molecule has 1 heterocycles. The van der Waals surface area contributed by atoms with Gasteiger partial charge in [-0.2, -0.15) is 0 Å². The quantitative estimate of drug-likeness (QED) is 0.592. The second-order valence-corrected chi connectivity index (χ2v) is 3.95. The number of hydrogen-bond acceptors (Lipinski definition) is 1. The number of quaternary nitrogens is 1. The van der Waals surface area contributed by atoms with E-state index >= 15 is 0 Å². The maximum Gasteiger partial charge on any atom is 0.109 e. The SMILES string of the molecule is Cc1occc1C[N+](C)(C)C. The van der Waals surface area contributed by atoms with Crippen molar-refractivity contribution in [1.82, 2.24) is 0 Å². The fourth-order valence-electron chi connectivity index (χ4n) is 1.09. The van der Waals surface area contributed by atoms with Gasteiger partial charge in [-0.05, 0) is 13.0 Å². The Balaban J connectivity index is 2.72. The van der Waals surface area contributed by atoms with E-state index in [1.165, 1.54) is 5.56 Å². The number of nitrogens with zero attached hydrogens (tertiary/aromatic N) is 1. The van der Waals surface area contributed by atoms with E-state index in [9.17, 15) is 0 Å². The Bertz CT molecular complexity index is 232. The molecule has 0 spiro atoms. The molecular formula is C9H16NO+. The number of furan rings is 1. The molecule has 0 aliphatic carbocycles. The minimum absolute atomic E-state index is 0.945. The molecule has 1 rings (SSSR count). The summed E-state index contributed by atoms with van der Waals surface area (Å²) in [5, 5.41) is 0. The molecule has 0 bridgehead atoms. The highest BCUT2D eigenvalue weighted by Crippen LogP contribution is 2.12. The molecule has 0 amide bonds. The smallest absolute Gasteiger partial charge is 0.109 e. The molecule has 2 heteroatoms. The Morgan fingerprint density at radius 2 is 2.00 bits per heavy atom. The summed E-state index contributed by atoms with van der Waals surface area (Å²) in [6.07, 6.45) is 1.75. The summed E-state index contributed by atoms with van der Waals surface area (Å²) in [4.78, 5) is 0. The van der Waals surface area contributed by atoms with Crippen LogP contribution in [0.25, 0.3) is 0 Å². The van der Waals surface area contributed by atoms with E-state index in [4.69, 9.17) is 4.42 Å². The van der Waals surface area contributed by atoms with Gasteiger partial charge in [-0.1, -0.05) is 0 Å². The lowest BCUT2D eigenvalue weighted by atomic mass is 10.2. The van der Waals surface area contributed by atoms with Gasteiger partial charge in [0.05, 0.1) is 27.4 Å². The standard InChI is InChI=1S/C9H16NO/c1-8-9(5-6-11-8)7-10(2,3)4/h5-6H,7H2,1-4H3/q+1. The topological polar surface area (TPSA) is 13.1 Å². The summed E-state index contributed by atoms with van der Waals surface area (Å²) in [6.45, 7) is 3.04. The van der Waals surface area contributed by atoms with E-state index in [1.54, 1.807) is 6.26 Å². The second-order valence-electron chi connectivity index (χ2n) is 3.95. The highest BCUT2D eigenvalue weighted by molar-refractivity contribution is 5.13. The molecule has 1 aromatic rings. The summed E-state index contributed by atoms with van der Waals surface area (Å²) < 4.78 is 6.15. The van der Waals surface area contributed by atoms with Crippen LogP contribution in [0.3, 0.4) is 0 Å². The molecule has 0 fully saturated rings. The van der Waals surface area contributed by atoms with Crippen LogP contribution in [0.1, 0.15) is 11.3 Å². The summed E-state index contributed by atoms with van der Waals surface area (Å²) >= 11 is 0. The van der Waals surface area contributed by atoms with Crippen molar-refractivity contribution in [3.05, 3.63) is 23.7 Å². The van der Waals surface area contributed by atoms with Gasteiger partial charge in [0.25, 0.3) is 0 Å². The van der Waals surface area contributed by atoms with Gasteiger partial charge in [0, 0.05) is 5.56 Å². The first-order valence-corrected chi connectivity index (χ1v) is 3.82. The average molecular weight is 154 g/mol. The van der Waals surface area contributed by atoms with Crippen molar-refractivity contribution >= 4 is 0 Å². The maximum absolute atomic E-state index is 5.20. The summed E-state index contributed by atoms with van der Waals surface area (Å²) in [5.74, 6) is 1.04. The normalized spacial score (nSPS) is 12.0. The van der Waals surface area contributed by atoms with Crippen LogP contribution in [-0.2, 0) is 6.54 Å². The Kier molecular flexibility index (Phi) is 2.05. The first kappa shape index (κ1) is 8.34. The van der Waals surface area contributed by atoms with Crippen LogP contribution in [0.4, 0.5) is 0 Å². The lowest BCUT2D eigenvalue weighted by Crippen LogP contribution is -2.33. The molecule has 0 atom stereocenters. The van der Waals surface area contributed by atoms with E-state index in [2.05, 4.69) is 21.1 Å². The lowest BCUT2D eigenvalue weighted by molar-refractivity contribution is -0.884. The van der Waals surface area contributed by atoms with Crippen LogP contribution in [-0.4, -0.2) is 25.6 Å². The van der Waals surface area contributed by atoms with Crippen molar-refractivity contribution in [2.24, 2.45) is 0 Å². The Morgan fingerprint density at radius 1 is 1.36 bits per heavy atom. The van der Waals surface area contributed by atoms with Crippen molar-refractivity contribution < 1.29 is 8.90 Å². The maximum atomic E-state index is 5.20. The Labute approximate surface area is 68.0 Å². The van der Waals surface area contributed by atoms with Crippen LogP contribution < -0.4 is 0 Å². The summed E-state index contributed by atoms with van der Waals surface area (Å²) in [7, 11) is 6.52. The molecule has 0 aliphatic rings. The highest BCUT2D eigenvalue weighted by Gasteiger charge is 2.11. The fraction of sp³-hybridized carbons (Fsp3) is 0.556. The van der Waals surface area contributed by atoms with Gasteiger partial charge >= 0.3 is 0 Å². The zero-order valence-electron chi connectivity index (χ0n) is 7.72. The molecule has 0 radical (unpaired) electrons. The minimum Gasteiger partial charge on any atom is -0.469 e. The Hall–Kier alpha value is -0.760. The predicted molar refractivity (Wildman–Crippen MR) is 45.2 cm³/mol. The number of rotatable bonds is 2. The van der Waals surface area contributed by atoms with Crippen LogP contribution in [0.2, 0.25) is 0 Å². The predicted octanol–water partition coefficient (Wildman–Crippen LogP) is 1.79. The fourth-order valence-corrected chi connectivity index (χ4v) is 1.09. The zero-order chi connectivity index (χ0) is 8.48. The van der Waals surface area contributed by atoms with Gasteiger partial charge in [-0.25, -0.2) is 0 Å². The van der Waals surface area contributed by atoms with Crippen molar-refractivity contribution in [2.45, 2.75) is 13.5 Å². The first-order valence-electron chi connectivity index (χ1n) is 3.82. The lowest BCUT2D eigenvalue weighted by Gasteiger charge is -2.23. The molecule has 0 aromatic carbocycles. The van der Waals surface area contributed by atoms with Crippen LogP contribution in [0.15, 0.2) is 16.7 Å². The van der Waals surface area contributed by atoms with Gasteiger partial charge in [-0.15, -0.1) is 0 Å². The van der Waals surface area contributed by atoms with E-state index in [-0.39, 0.29) is 0 Å². The molecular weight excluding hydrogens is 138 g/mol. The molecule has 11 heavy (non-hydrogen) atoms. The van der Waals surface area contributed by atoms with Crippen LogP contribution in [0, 0.1) is 6.92 Å². The third-order valence-corrected chi connectivity index (χ3v) is 1.61. The first-order chi connectivity index (χ1) is 4.99. The van der Waals surface area contributed by atoms with Gasteiger partial charge < -0.3 is 8.90 Å². The van der Waals surface area contributed by atoms with Crippen molar-refractivity contribution in [2.75, 3.05) is 21.1 Å². The van der Waals surface area contributed by atoms with Crippen molar-refractivity contribution in [1.29, 1.82) is 0 Å². The van der Waals surface area contributed by atoms with E-state index in [0.29, 0.717) is 0 Å². The third-order valence-electron chi connectivity index (χ3n) is 1.61. The Morgan fingerprint density at radius 3 is 2.36 bits per heavy atom.